The number of benzene rings is 1. The Labute approximate surface area is 138 Å². The summed E-state index contributed by atoms with van der Waals surface area (Å²) in [7, 11) is 0. The summed E-state index contributed by atoms with van der Waals surface area (Å²) in [5, 5.41) is 4.14. The highest BCUT2D eigenvalue weighted by Gasteiger charge is 2.10. The average molecular weight is 330 g/mol. The predicted molar refractivity (Wildman–Crippen MR) is 93.5 cm³/mol. The maximum absolute atomic E-state index is 6.01. The lowest BCUT2D eigenvalue weighted by molar-refractivity contribution is 0.850. The number of nitrogen functional groups attached to an aromatic ring is 1. The van der Waals surface area contributed by atoms with Gasteiger partial charge in [-0.1, -0.05) is 49.0 Å². The molecule has 0 spiro atoms. The number of hydrogen-bond donors (Lipinski definition) is 1. The third-order valence-electron chi connectivity index (χ3n) is 3.18. The van der Waals surface area contributed by atoms with Gasteiger partial charge in [0.15, 0.2) is 5.16 Å². The van der Waals surface area contributed by atoms with E-state index in [1.807, 2.05) is 36.5 Å². The molecule has 0 saturated heterocycles. The van der Waals surface area contributed by atoms with Crippen LogP contribution < -0.4 is 5.84 Å². The molecule has 0 aliphatic carbocycles. The van der Waals surface area contributed by atoms with Crippen LogP contribution in [-0.2, 0) is 12.2 Å². The fourth-order valence-electron chi connectivity index (χ4n) is 2.11. The molecule has 114 valence electrons. The number of imidazole rings is 1. The van der Waals surface area contributed by atoms with E-state index in [1.54, 1.807) is 27.8 Å². The van der Waals surface area contributed by atoms with E-state index in [1.165, 1.54) is 5.01 Å². The van der Waals surface area contributed by atoms with Gasteiger partial charge in [0.25, 0.3) is 0 Å². The Morgan fingerprint density at radius 3 is 2.82 bits per heavy atom. The molecule has 2 N–H and O–H groups in total. The molecule has 0 atom stereocenters. The fourth-order valence-corrected chi connectivity index (χ4v) is 3.91. The average Bonchev–Trinajstić information content (AvgIpc) is 3.13. The molecule has 6 heteroatoms. The summed E-state index contributed by atoms with van der Waals surface area (Å²) in [4.78, 5) is 9.24. The predicted octanol–water partition coefficient (Wildman–Crippen LogP) is 3.97. The van der Waals surface area contributed by atoms with E-state index in [2.05, 4.69) is 22.3 Å². The summed E-state index contributed by atoms with van der Waals surface area (Å²) in [5.74, 6) is 6.81. The largest absolute Gasteiger partial charge is 0.337 e. The van der Waals surface area contributed by atoms with Gasteiger partial charge in [-0.2, -0.15) is 0 Å². The summed E-state index contributed by atoms with van der Waals surface area (Å²) >= 11 is 3.35. The van der Waals surface area contributed by atoms with Gasteiger partial charge in [0.05, 0.1) is 22.6 Å². The Morgan fingerprint density at radius 2 is 2.05 bits per heavy atom. The molecule has 3 aromatic rings. The molecule has 0 aliphatic rings. The highest BCUT2D eigenvalue weighted by Crippen LogP contribution is 2.26. The first kappa shape index (κ1) is 15.1. The van der Waals surface area contributed by atoms with Crippen LogP contribution in [0.15, 0.2) is 47.1 Å². The molecule has 0 saturated carbocycles. The minimum absolute atomic E-state index is 0.794. The van der Waals surface area contributed by atoms with Crippen LogP contribution in [-0.4, -0.2) is 14.6 Å². The second-order valence-corrected chi connectivity index (χ2v) is 6.84. The van der Waals surface area contributed by atoms with Crippen LogP contribution in [0.3, 0.4) is 0 Å². The van der Waals surface area contributed by atoms with Gasteiger partial charge >= 0.3 is 0 Å². The summed E-state index contributed by atoms with van der Waals surface area (Å²) < 4.78 is 1.59. The van der Waals surface area contributed by atoms with Gasteiger partial charge in [-0.25, -0.2) is 14.6 Å². The van der Waals surface area contributed by atoms with E-state index in [0.29, 0.717) is 0 Å². The van der Waals surface area contributed by atoms with Crippen LogP contribution in [0.4, 0.5) is 0 Å². The standard InChI is InChI=1S/C16H18N4S2/c1-2-6-15-18-13(10-21-15)11-22-16-19-14(9-20(16)17)12-7-4-3-5-8-12/h3-5,7-10H,2,6,11,17H2,1H3. The van der Waals surface area contributed by atoms with E-state index in [-0.39, 0.29) is 0 Å². The SMILES string of the molecule is CCCc1nc(CSc2nc(-c3ccccc3)cn2N)cs1. The fraction of sp³-hybridized carbons (Fsp3) is 0.250. The van der Waals surface area contributed by atoms with Crippen molar-refractivity contribution in [3.8, 4) is 11.3 Å². The summed E-state index contributed by atoms with van der Waals surface area (Å²) in [6, 6.07) is 10.1. The van der Waals surface area contributed by atoms with E-state index >= 15 is 0 Å². The first-order valence-electron chi connectivity index (χ1n) is 7.22. The van der Waals surface area contributed by atoms with Gasteiger partial charge < -0.3 is 5.84 Å². The van der Waals surface area contributed by atoms with E-state index < -0.39 is 0 Å². The third-order valence-corrected chi connectivity index (χ3v) is 5.14. The number of rotatable bonds is 6. The molecule has 22 heavy (non-hydrogen) atoms. The molecule has 2 heterocycles. The number of aryl methyl sites for hydroxylation is 1. The van der Waals surface area contributed by atoms with Gasteiger partial charge in [-0.3, -0.25) is 0 Å². The number of aromatic nitrogens is 3. The van der Waals surface area contributed by atoms with Crippen molar-refractivity contribution in [2.75, 3.05) is 5.84 Å². The second-order valence-electron chi connectivity index (χ2n) is 4.95. The summed E-state index contributed by atoms with van der Waals surface area (Å²) in [5.41, 5.74) is 3.07. The molecule has 2 aromatic heterocycles. The summed E-state index contributed by atoms with van der Waals surface area (Å²) in [6.07, 6.45) is 4.05. The molecule has 0 unspecified atom stereocenters. The van der Waals surface area contributed by atoms with E-state index in [4.69, 9.17) is 5.84 Å². The van der Waals surface area contributed by atoms with Crippen molar-refractivity contribution >= 4 is 23.1 Å². The van der Waals surface area contributed by atoms with Crippen molar-refractivity contribution in [1.29, 1.82) is 0 Å². The molecule has 0 amide bonds. The zero-order valence-corrected chi connectivity index (χ0v) is 14.0. The topological polar surface area (TPSA) is 56.7 Å². The van der Waals surface area contributed by atoms with Crippen molar-refractivity contribution in [2.45, 2.75) is 30.7 Å². The lowest BCUT2D eigenvalue weighted by Gasteiger charge is -1.98. The van der Waals surface area contributed by atoms with E-state index in [0.717, 1.165) is 40.7 Å². The van der Waals surface area contributed by atoms with E-state index in [9.17, 15) is 0 Å². The minimum Gasteiger partial charge on any atom is -0.337 e. The van der Waals surface area contributed by atoms with Gasteiger partial charge in [0, 0.05) is 16.7 Å². The molecular weight excluding hydrogens is 312 g/mol. The van der Waals surface area contributed by atoms with Gasteiger partial charge in [0.2, 0.25) is 0 Å². The maximum Gasteiger partial charge on any atom is 0.187 e. The number of hydrogen-bond acceptors (Lipinski definition) is 5. The highest BCUT2D eigenvalue weighted by atomic mass is 32.2. The Kier molecular flexibility index (Phi) is 4.80. The quantitative estimate of drug-likeness (QED) is 0.549. The first-order valence-corrected chi connectivity index (χ1v) is 9.08. The molecule has 0 fully saturated rings. The van der Waals surface area contributed by atoms with Gasteiger partial charge in [-0.05, 0) is 12.8 Å². The Hall–Kier alpha value is -1.79. The normalized spacial score (nSPS) is 11.0. The van der Waals surface area contributed by atoms with Crippen LogP contribution in [0.2, 0.25) is 0 Å². The van der Waals surface area contributed by atoms with Crippen LogP contribution in [0.1, 0.15) is 24.0 Å². The van der Waals surface area contributed by atoms with Crippen LogP contribution in [0.25, 0.3) is 11.3 Å². The molecule has 0 bridgehead atoms. The Morgan fingerprint density at radius 1 is 1.23 bits per heavy atom. The van der Waals surface area contributed by atoms with Crippen molar-refractivity contribution in [3.05, 3.63) is 52.6 Å². The van der Waals surface area contributed by atoms with Crippen molar-refractivity contribution < 1.29 is 0 Å². The van der Waals surface area contributed by atoms with Gasteiger partial charge in [0.1, 0.15) is 0 Å². The molecule has 0 aliphatic heterocycles. The highest BCUT2D eigenvalue weighted by molar-refractivity contribution is 7.98. The molecule has 0 radical (unpaired) electrons. The number of thioether (sulfide) groups is 1. The lowest BCUT2D eigenvalue weighted by Crippen LogP contribution is -2.07. The maximum atomic E-state index is 6.01. The molecule has 4 nitrogen and oxygen atoms in total. The van der Waals surface area contributed by atoms with Crippen LogP contribution in [0.5, 0.6) is 0 Å². The number of thiazole rings is 1. The number of nitrogens with zero attached hydrogens (tertiary/aromatic N) is 3. The van der Waals surface area contributed by atoms with Crippen molar-refractivity contribution in [1.82, 2.24) is 14.6 Å². The lowest BCUT2D eigenvalue weighted by atomic mass is 10.2. The number of nitrogens with two attached hydrogens (primary N) is 1. The minimum atomic E-state index is 0.794. The monoisotopic (exact) mass is 330 g/mol. The first-order chi connectivity index (χ1) is 10.8. The smallest absolute Gasteiger partial charge is 0.187 e. The Balaban J connectivity index is 1.69. The molecular formula is C16H18N4S2. The van der Waals surface area contributed by atoms with Crippen LogP contribution in [0, 0.1) is 0 Å². The zero-order valence-electron chi connectivity index (χ0n) is 12.4. The zero-order chi connectivity index (χ0) is 15.4. The molecule has 1 aromatic carbocycles. The van der Waals surface area contributed by atoms with Crippen molar-refractivity contribution in [2.24, 2.45) is 0 Å². The Bertz CT molecular complexity index is 734. The summed E-state index contributed by atoms with van der Waals surface area (Å²) in [6.45, 7) is 2.17. The van der Waals surface area contributed by atoms with Gasteiger partial charge in [-0.15, -0.1) is 11.3 Å². The molecule has 3 rings (SSSR count). The third kappa shape index (κ3) is 3.51. The van der Waals surface area contributed by atoms with Crippen molar-refractivity contribution in [3.63, 3.8) is 0 Å². The van der Waals surface area contributed by atoms with Crippen LogP contribution >= 0.6 is 23.1 Å². The second kappa shape index (κ2) is 6.98.